The van der Waals surface area contributed by atoms with E-state index in [0.29, 0.717) is 6.61 Å². The second-order valence-corrected chi connectivity index (χ2v) is 3.13. The van der Waals surface area contributed by atoms with E-state index >= 15 is 0 Å². The van der Waals surface area contributed by atoms with E-state index in [2.05, 4.69) is 0 Å². The molecular formula is C13H20O6. The van der Waals surface area contributed by atoms with Gasteiger partial charge >= 0.3 is 11.9 Å². The van der Waals surface area contributed by atoms with Gasteiger partial charge in [-0.3, -0.25) is 0 Å². The number of carbonyl (C=O) groups excluding carboxylic acids is 2. The van der Waals surface area contributed by atoms with E-state index in [1.165, 1.54) is 6.26 Å². The van der Waals surface area contributed by atoms with Crippen LogP contribution in [0, 0.1) is 0 Å². The molecule has 0 saturated carbocycles. The van der Waals surface area contributed by atoms with Crippen molar-refractivity contribution in [2.75, 3.05) is 26.4 Å². The van der Waals surface area contributed by atoms with Crippen LogP contribution in [0.2, 0.25) is 0 Å². The zero-order valence-electron chi connectivity index (χ0n) is 11.5. The lowest BCUT2D eigenvalue weighted by Gasteiger charge is -2.06. The van der Waals surface area contributed by atoms with Gasteiger partial charge in [-0.25, -0.2) is 9.59 Å². The first-order valence-electron chi connectivity index (χ1n) is 6.09. The zero-order chi connectivity index (χ0) is 14.5. The standard InChI is InChI=1S/C13H20O6/c1-4-16-8-7-9-17-10-11(12(14)18-5-2)13(15)19-6-3/h7-8,10H,4-6,9H2,1-3H3. The fourth-order valence-electron chi connectivity index (χ4n) is 0.988. The van der Waals surface area contributed by atoms with E-state index in [0.717, 1.165) is 6.26 Å². The van der Waals surface area contributed by atoms with E-state index < -0.39 is 11.9 Å². The lowest BCUT2D eigenvalue weighted by Crippen LogP contribution is -2.18. The molecule has 19 heavy (non-hydrogen) atoms. The molecule has 6 heteroatoms. The highest BCUT2D eigenvalue weighted by molar-refractivity contribution is 6.13. The maximum atomic E-state index is 11.5. The van der Waals surface area contributed by atoms with Gasteiger partial charge in [-0.15, -0.1) is 0 Å². The maximum absolute atomic E-state index is 11.5. The molecule has 0 aromatic carbocycles. The molecule has 0 aliphatic heterocycles. The van der Waals surface area contributed by atoms with Crippen molar-refractivity contribution in [3.05, 3.63) is 24.2 Å². The number of hydrogen-bond donors (Lipinski definition) is 0. The van der Waals surface area contributed by atoms with Crippen molar-refractivity contribution >= 4 is 11.9 Å². The molecule has 0 aromatic rings. The molecule has 0 bridgehead atoms. The van der Waals surface area contributed by atoms with Crippen LogP contribution in [-0.4, -0.2) is 38.4 Å². The Morgan fingerprint density at radius 2 is 1.47 bits per heavy atom. The quantitative estimate of drug-likeness (QED) is 0.158. The second-order valence-electron chi connectivity index (χ2n) is 3.13. The molecule has 0 amide bonds. The number of esters is 2. The van der Waals surface area contributed by atoms with Crippen molar-refractivity contribution in [3.63, 3.8) is 0 Å². The summed E-state index contributed by atoms with van der Waals surface area (Å²) in [6.07, 6.45) is 4.11. The Morgan fingerprint density at radius 1 is 0.895 bits per heavy atom. The van der Waals surface area contributed by atoms with Crippen LogP contribution in [-0.2, 0) is 28.5 Å². The summed E-state index contributed by atoms with van der Waals surface area (Å²) in [5.41, 5.74) is -0.270. The van der Waals surface area contributed by atoms with Crippen LogP contribution in [0.1, 0.15) is 20.8 Å². The molecule has 0 radical (unpaired) electrons. The third kappa shape index (κ3) is 7.86. The molecule has 0 spiro atoms. The summed E-state index contributed by atoms with van der Waals surface area (Å²) in [5, 5.41) is 0. The molecule has 6 nitrogen and oxygen atoms in total. The number of ether oxygens (including phenoxy) is 4. The Kier molecular flexibility index (Phi) is 9.97. The fourth-order valence-corrected chi connectivity index (χ4v) is 0.988. The molecule has 0 heterocycles. The average molecular weight is 272 g/mol. The SMILES string of the molecule is CCOC=CCOC=C(C(=O)OCC)C(=O)OCC. The summed E-state index contributed by atoms with van der Waals surface area (Å²) >= 11 is 0. The molecule has 0 aliphatic carbocycles. The van der Waals surface area contributed by atoms with Gasteiger partial charge in [-0.2, -0.15) is 0 Å². The Balaban J connectivity index is 4.46. The molecular weight excluding hydrogens is 252 g/mol. The van der Waals surface area contributed by atoms with Gasteiger partial charge in [0, 0.05) is 0 Å². The highest BCUT2D eigenvalue weighted by Gasteiger charge is 2.21. The Morgan fingerprint density at radius 3 is 1.95 bits per heavy atom. The topological polar surface area (TPSA) is 71.1 Å². The van der Waals surface area contributed by atoms with Crippen molar-refractivity contribution in [1.82, 2.24) is 0 Å². The first-order chi connectivity index (χ1) is 9.17. The molecule has 0 unspecified atom stereocenters. The first kappa shape index (κ1) is 17.0. The van der Waals surface area contributed by atoms with Crippen LogP contribution >= 0.6 is 0 Å². The summed E-state index contributed by atoms with van der Waals surface area (Å²) in [7, 11) is 0. The minimum atomic E-state index is -0.769. The summed E-state index contributed by atoms with van der Waals surface area (Å²) in [5.74, 6) is -1.54. The van der Waals surface area contributed by atoms with Crippen LogP contribution in [0.5, 0.6) is 0 Å². The minimum Gasteiger partial charge on any atom is -0.502 e. The van der Waals surface area contributed by atoms with E-state index in [-0.39, 0.29) is 25.4 Å². The van der Waals surface area contributed by atoms with Crippen molar-refractivity contribution in [2.24, 2.45) is 0 Å². The molecule has 0 N–H and O–H groups in total. The van der Waals surface area contributed by atoms with Crippen molar-refractivity contribution in [1.29, 1.82) is 0 Å². The normalized spacial score (nSPS) is 9.84. The lowest BCUT2D eigenvalue weighted by atomic mass is 10.3. The molecule has 0 rings (SSSR count). The number of rotatable bonds is 9. The average Bonchev–Trinajstić information content (AvgIpc) is 2.38. The Hall–Kier alpha value is -1.98. The maximum Gasteiger partial charge on any atom is 0.348 e. The van der Waals surface area contributed by atoms with Gasteiger partial charge in [0.25, 0.3) is 0 Å². The smallest absolute Gasteiger partial charge is 0.348 e. The first-order valence-corrected chi connectivity index (χ1v) is 6.09. The van der Waals surface area contributed by atoms with Gasteiger partial charge in [-0.1, -0.05) is 0 Å². The summed E-state index contributed by atoms with van der Waals surface area (Å²) < 4.78 is 19.5. The zero-order valence-corrected chi connectivity index (χ0v) is 11.5. The van der Waals surface area contributed by atoms with Crippen LogP contribution < -0.4 is 0 Å². The molecule has 0 fully saturated rings. The van der Waals surface area contributed by atoms with Crippen molar-refractivity contribution in [2.45, 2.75) is 20.8 Å². The van der Waals surface area contributed by atoms with Crippen LogP contribution in [0.15, 0.2) is 24.2 Å². The summed E-state index contributed by atoms with van der Waals surface area (Å²) in [6.45, 7) is 6.20. The molecule has 0 saturated heterocycles. The Labute approximate surface area is 113 Å². The van der Waals surface area contributed by atoms with E-state index in [1.54, 1.807) is 19.9 Å². The van der Waals surface area contributed by atoms with Crippen molar-refractivity contribution < 1.29 is 28.5 Å². The van der Waals surface area contributed by atoms with E-state index in [1.807, 2.05) is 6.92 Å². The van der Waals surface area contributed by atoms with Crippen molar-refractivity contribution in [3.8, 4) is 0 Å². The Bertz CT molecular complexity index is 312. The number of hydrogen-bond acceptors (Lipinski definition) is 6. The van der Waals surface area contributed by atoms with Gasteiger partial charge in [0.15, 0.2) is 5.57 Å². The predicted molar refractivity (Wildman–Crippen MR) is 68.1 cm³/mol. The second kappa shape index (κ2) is 11.1. The number of carbonyl (C=O) groups is 2. The lowest BCUT2D eigenvalue weighted by molar-refractivity contribution is -0.146. The van der Waals surface area contributed by atoms with E-state index in [4.69, 9.17) is 18.9 Å². The van der Waals surface area contributed by atoms with Gasteiger partial charge in [0.1, 0.15) is 12.9 Å². The van der Waals surface area contributed by atoms with Crippen LogP contribution in [0.3, 0.4) is 0 Å². The molecule has 108 valence electrons. The molecule has 0 atom stereocenters. The molecule has 0 aliphatic rings. The largest absolute Gasteiger partial charge is 0.502 e. The monoisotopic (exact) mass is 272 g/mol. The summed E-state index contributed by atoms with van der Waals surface area (Å²) in [4.78, 5) is 23.0. The van der Waals surface area contributed by atoms with E-state index in [9.17, 15) is 9.59 Å². The highest BCUT2D eigenvalue weighted by atomic mass is 16.6. The van der Waals surface area contributed by atoms with Gasteiger partial charge in [0.05, 0.1) is 26.1 Å². The summed E-state index contributed by atoms with van der Waals surface area (Å²) in [6, 6.07) is 0. The van der Waals surface area contributed by atoms with Gasteiger partial charge < -0.3 is 18.9 Å². The van der Waals surface area contributed by atoms with Gasteiger partial charge in [0.2, 0.25) is 0 Å². The predicted octanol–water partition coefficient (Wildman–Crippen LogP) is 1.56. The third-order valence-corrected chi connectivity index (χ3v) is 1.74. The minimum absolute atomic E-state index is 0.166. The van der Waals surface area contributed by atoms with Gasteiger partial charge in [-0.05, 0) is 26.8 Å². The van der Waals surface area contributed by atoms with Crippen LogP contribution in [0.4, 0.5) is 0 Å². The fraction of sp³-hybridized carbons (Fsp3) is 0.538. The van der Waals surface area contributed by atoms with Crippen LogP contribution in [0.25, 0.3) is 0 Å². The molecule has 0 aromatic heterocycles. The highest BCUT2D eigenvalue weighted by Crippen LogP contribution is 2.03. The third-order valence-electron chi connectivity index (χ3n) is 1.74.